The van der Waals surface area contributed by atoms with Crippen LogP contribution in [0.4, 0.5) is 0 Å². The van der Waals surface area contributed by atoms with Crippen LogP contribution in [0.5, 0.6) is 11.5 Å². The number of hydrogen-bond donors (Lipinski definition) is 1. The third-order valence-corrected chi connectivity index (χ3v) is 6.76. The van der Waals surface area contributed by atoms with E-state index in [1.807, 2.05) is 35.7 Å². The molecular weight excluding hydrogens is 278 g/mol. The zero-order chi connectivity index (χ0) is 13.2. The normalized spacial score (nSPS) is 27.9. The van der Waals surface area contributed by atoms with Crippen LogP contribution in [0.1, 0.15) is 18.5 Å². The van der Waals surface area contributed by atoms with Gasteiger partial charge in [0, 0.05) is 28.0 Å². The molecule has 0 radical (unpaired) electrons. The molecule has 0 aliphatic carbocycles. The van der Waals surface area contributed by atoms with Crippen LogP contribution in [0.25, 0.3) is 0 Å². The fourth-order valence-corrected chi connectivity index (χ4v) is 5.38. The van der Waals surface area contributed by atoms with Gasteiger partial charge in [-0.05, 0) is 17.7 Å². The van der Waals surface area contributed by atoms with Gasteiger partial charge in [-0.25, -0.2) is 0 Å². The number of fused-ring (bicyclic) bond motifs is 1. The van der Waals surface area contributed by atoms with Gasteiger partial charge in [-0.3, -0.25) is 0 Å². The van der Waals surface area contributed by atoms with Crippen LogP contribution in [0.3, 0.4) is 0 Å². The Morgan fingerprint density at radius 2 is 1.89 bits per heavy atom. The Kier molecular flexibility index (Phi) is 4.15. The largest absolute Gasteiger partial charge is 0.486 e. The summed E-state index contributed by atoms with van der Waals surface area (Å²) in [6.45, 7) is 3.53. The Morgan fingerprint density at radius 3 is 2.68 bits per heavy atom. The van der Waals surface area contributed by atoms with Crippen molar-refractivity contribution in [3.63, 3.8) is 0 Å². The Morgan fingerprint density at radius 1 is 1.16 bits per heavy atom. The molecule has 0 amide bonds. The topological polar surface area (TPSA) is 44.5 Å². The van der Waals surface area contributed by atoms with Crippen LogP contribution < -0.4 is 15.2 Å². The van der Waals surface area contributed by atoms with Crippen molar-refractivity contribution in [3.8, 4) is 11.5 Å². The highest BCUT2D eigenvalue weighted by molar-refractivity contribution is 8.07. The van der Waals surface area contributed by atoms with Gasteiger partial charge in [0.15, 0.2) is 11.5 Å². The molecule has 0 spiro atoms. The molecule has 0 aromatic heterocycles. The van der Waals surface area contributed by atoms with Crippen molar-refractivity contribution in [3.05, 3.63) is 23.8 Å². The van der Waals surface area contributed by atoms with Crippen molar-refractivity contribution in [2.45, 2.75) is 23.5 Å². The van der Waals surface area contributed by atoms with E-state index in [2.05, 4.69) is 13.0 Å². The molecule has 3 atom stereocenters. The van der Waals surface area contributed by atoms with Gasteiger partial charge in [-0.15, -0.1) is 0 Å². The van der Waals surface area contributed by atoms with E-state index >= 15 is 0 Å². The second kappa shape index (κ2) is 5.85. The average Bonchev–Trinajstić information content (AvgIpc) is 2.46. The van der Waals surface area contributed by atoms with Crippen LogP contribution in [0.15, 0.2) is 18.2 Å². The lowest BCUT2D eigenvalue weighted by molar-refractivity contribution is 0.171. The quantitative estimate of drug-likeness (QED) is 0.909. The second-order valence-electron chi connectivity index (χ2n) is 4.84. The number of nitrogens with two attached hydrogens (primary N) is 1. The maximum Gasteiger partial charge on any atom is 0.161 e. The highest BCUT2D eigenvalue weighted by atomic mass is 32.2. The lowest BCUT2D eigenvalue weighted by Gasteiger charge is -2.33. The fraction of sp³-hybridized carbons (Fsp3) is 0.571. The molecule has 2 heterocycles. The van der Waals surface area contributed by atoms with Crippen molar-refractivity contribution in [2.75, 3.05) is 24.7 Å². The zero-order valence-corrected chi connectivity index (χ0v) is 12.6. The van der Waals surface area contributed by atoms with Gasteiger partial charge in [0.2, 0.25) is 0 Å². The van der Waals surface area contributed by atoms with Gasteiger partial charge in [0.1, 0.15) is 13.2 Å². The molecule has 2 aliphatic heterocycles. The lowest BCUT2D eigenvalue weighted by atomic mass is 10.0. The molecule has 104 valence electrons. The van der Waals surface area contributed by atoms with Crippen LogP contribution in [0.2, 0.25) is 0 Å². The number of thioether (sulfide) groups is 2. The predicted octanol–water partition coefficient (Wildman–Crippen LogP) is 2.69. The van der Waals surface area contributed by atoms with Crippen LogP contribution in [-0.4, -0.2) is 35.2 Å². The first kappa shape index (κ1) is 13.5. The summed E-state index contributed by atoms with van der Waals surface area (Å²) in [5, 5.41) is 1.07. The molecule has 19 heavy (non-hydrogen) atoms. The third kappa shape index (κ3) is 2.83. The molecule has 3 unspecified atom stereocenters. The molecular formula is C14H19NO2S2. The van der Waals surface area contributed by atoms with E-state index in [9.17, 15) is 0 Å². The predicted molar refractivity (Wildman–Crippen MR) is 82.5 cm³/mol. The molecule has 1 aromatic carbocycles. The highest BCUT2D eigenvalue weighted by Crippen LogP contribution is 2.39. The summed E-state index contributed by atoms with van der Waals surface area (Å²) in [6.07, 6.45) is 0. The first-order chi connectivity index (χ1) is 9.25. The number of rotatable bonds is 2. The van der Waals surface area contributed by atoms with E-state index in [0.717, 1.165) is 17.1 Å². The SMILES string of the molecule is CC1SCCSC1C(N)c1ccc2c(c1)OCCO2. The molecule has 1 fully saturated rings. The van der Waals surface area contributed by atoms with E-state index in [-0.39, 0.29) is 6.04 Å². The molecule has 0 saturated carbocycles. The molecule has 5 heteroatoms. The van der Waals surface area contributed by atoms with Gasteiger partial charge in [0.05, 0.1) is 0 Å². The summed E-state index contributed by atoms with van der Waals surface area (Å²) in [6, 6.07) is 6.16. The van der Waals surface area contributed by atoms with Crippen molar-refractivity contribution in [2.24, 2.45) is 5.73 Å². The van der Waals surface area contributed by atoms with Gasteiger partial charge in [-0.1, -0.05) is 13.0 Å². The summed E-state index contributed by atoms with van der Waals surface area (Å²) < 4.78 is 11.2. The van der Waals surface area contributed by atoms with Crippen molar-refractivity contribution in [1.82, 2.24) is 0 Å². The van der Waals surface area contributed by atoms with E-state index in [4.69, 9.17) is 15.2 Å². The Balaban J connectivity index is 1.80. The Labute approximate surface area is 122 Å². The van der Waals surface area contributed by atoms with Crippen LogP contribution >= 0.6 is 23.5 Å². The molecule has 2 aliphatic rings. The smallest absolute Gasteiger partial charge is 0.161 e. The minimum atomic E-state index is 0.0589. The standard InChI is InChI=1S/C14H19NO2S2/c1-9-14(19-7-6-18-9)13(15)10-2-3-11-12(8-10)17-5-4-16-11/h2-3,8-9,13-14H,4-7,15H2,1H3. The first-order valence-electron chi connectivity index (χ1n) is 6.64. The molecule has 0 bridgehead atoms. The maximum atomic E-state index is 6.46. The molecule has 2 N–H and O–H groups in total. The van der Waals surface area contributed by atoms with E-state index < -0.39 is 0 Å². The van der Waals surface area contributed by atoms with Gasteiger partial charge in [0.25, 0.3) is 0 Å². The van der Waals surface area contributed by atoms with Crippen LogP contribution in [0, 0.1) is 0 Å². The lowest BCUT2D eigenvalue weighted by Crippen LogP contribution is -2.34. The molecule has 3 rings (SSSR count). The summed E-state index contributed by atoms with van der Waals surface area (Å²) in [7, 11) is 0. The van der Waals surface area contributed by atoms with Gasteiger partial charge < -0.3 is 15.2 Å². The zero-order valence-electron chi connectivity index (χ0n) is 11.0. The summed E-state index contributed by atoms with van der Waals surface area (Å²) in [4.78, 5) is 0. The summed E-state index contributed by atoms with van der Waals surface area (Å²) >= 11 is 4.01. The second-order valence-corrected chi connectivity index (χ2v) is 7.61. The molecule has 1 aromatic rings. The molecule has 1 saturated heterocycles. The summed E-state index contributed by atoms with van der Waals surface area (Å²) in [5.41, 5.74) is 7.61. The van der Waals surface area contributed by atoms with Crippen molar-refractivity contribution >= 4 is 23.5 Å². The van der Waals surface area contributed by atoms with Crippen LogP contribution in [-0.2, 0) is 0 Å². The monoisotopic (exact) mass is 297 g/mol. The van der Waals surface area contributed by atoms with E-state index in [1.165, 1.54) is 11.5 Å². The minimum Gasteiger partial charge on any atom is -0.486 e. The average molecular weight is 297 g/mol. The number of benzene rings is 1. The Hall–Kier alpha value is -0.520. The van der Waals surface area contributed by atoms with E-state index in [1.54, 1.807) is 0 Å². The number of hydrogen-bond acceptors (Lipinski definition) is 5. The van der Waals surface area contributed by atoms with Crippen molar-refractivity contribution < 1.29 is 9.47 Å². The van der Waals surface area contributed by atoms with E-state index in [0.29, 0.717) is 23.7 Å². The fourth-order valence-electron chi connectivity index (χ4n) is 2.50. The minimum absolute atomic E-state index is 0.0589. The maximum absolute atomic E-state index is 6.46. The van der Waals surface area contributed by atoms with Gasteiger partial charge in [-0.2, -0.15) is 23.5 Å². The third-order valence-electron chi connectivity index (χ3n) is 3.54. The van der Waals surface area contributed by atoms with Crippen molar-refractivity contribution in [1.29, 1.82) is 0 Å². The van der Waals surface area contributed by atoms with Gasteiger partial charge >= 0.3 is 0 Å². The number of ether oxygens (including phenoxy) is 2. The Bertz CT molecular complexity index is 455. The summed E-state index contributed by atoms with van der Waals surface area (Å²) in [5.74, 6) is 4.09. The molecule has 3 nitrogen and oxygen atoms in total. The first-order valence-corrected chi connectivity index (χ1v) is 8.74. The highest BCUT2D eigenvalue weighted by Gasteiger charge is 2.29.